The molecule has 0 fully saturated rings. The first-order chi connectivity index (χ1) is 16.0. The summed E-state index contributed by atoms with van der Waals surface area (Å²) in [7, 11) is 0. The van der Waals surface area contributed by atoms with Crippen molar-refractivity contribution < 1.29 is 10.1 Å². The summed E-state index contributed by atoms with van der Waals surface area (Å²) in [6.07, 6.45) is 7.00. The quantitative estimate of drug-likeness (QED) is 0.385. The van der Waals surface area contributed by atoms with E-state index in [4.69, 9.17) is 17.0 Å². The van der Waals surface area contributed by atoms with E-state index >= 15 is 0 Å². The summed E-state index contributed by atoms with van der Waals surface area (Å²) in [6, 6.07) is 14.1. The number of hydrogen-bond donors (Lipinski definition) is 2. The summed E-state index contributed by atoms with van der Waals surface area (Å²) >= 11 is 7.90. The highest BCUT2D eigenvalue weighted by Gasteiger charge is 2.32. The molecule has 33 heavy (non-hydrogen) atoms. The number of aromatic nitrogens is 1. The van der Waals surface area contributed by atoms with Gasteiger partial charge in [0.2, 0.25) is 5.91 Å². The van der Waals surface area contributed by atoms with Crippen LogP contribution >= 0.6 is 22.9 Å². The molecule has 5 nitrogen and oxygen atoms in total. The molecule has 0 spiro atoms. The van der Waals surface area contributed by atoms with Gasteiger partial charge in [0.25, 0.3) is 0 Å². The number of fused-ring (bicyclic) bond motifs is 1. The Morgan fingerprint density at radius 3 is 2.88 bits per heavy atom. The number of allylic oxidation sites excluding steroid dienone is 1. The molecule has 168 valence electrons. The Hall–Kier alpha value is -3.06. The highest BCUT2D eigenvalue weighted by Crippen LogP contribution is 2.42. The van der Waals surface area contributed by atoms with Crippen molar-refractivity contribution >= 4 is 40.1 Å². The average molecular weight is 478 g/mol. The molecule has 1 atom stereocenters. The van der Waals surface area contributed by atoms with Crippen LogP contribution in [0, 0.1) is 5.41 Å². The van der Waals surface area contributed by atoms with E-state index in [1.807, 2.05) is 54.6 Å². The van der Waals surface area contributed by atoms with Gasteiger partial charge in [-0.1, -0.05) is 48.5 Å². The zero-order valence-electron chi connectivity index (χ0n) is 18.4. The largest absolute Gasteiger partial charge is 0.333 e. The van der Waals surface area contributed by atoms with Gasteiger partial charge in [-0.05, 0) is 41.8 Å². The second-order valence-corrected chi connectivity index (χ2v) is 9.77. The van der Waals surface area contributed by atoms with E-state index in [1.165, 1.54) is 17.4 Å². The van der Waals surface area contributed by atoms with Crippen molar-refractivity contribution in [3.05, 3.63) is 105 Å². The molecule has 3 N–H and O–H groups in total. The van der Waals surface area contributed by atoms with Crippen molar-refractivity contribution in [3.63, 3.8) is 0 Å². The molecular weight excluding hydrogens is 452 g/mol. The van der Waals surface area contributed by atoms with Crippen LogP contribution in [0.1, 0.15) is 40.0 Å². The maximum absolute atomic E-state index is 12.5. The lowest BCUT2D eigenvalue weighted by atomic mass is 9.83. The molecule has 1 aromatic carbocycles. The number of quaternary nitrogens is 1. The van der Waals surface area contributed by atoms with Gasteiger partial charge in [-0.2, -0.15) is 0 Å². The van der Waals surface area contributed by atoms with Crippen molar-refractivity contribution in [2.45, 2.75) is 25.9 Å². The van der Waals surface area contributed by atoms with Crippen molar-refractivity contribution in [3.8, 4) is 0 Å². The van der Waals surface area contributed by atoms with E-state index in [2.05, 4.69) is 29.0 Å². The lowest BCUT2D eigenvalue weighted by Gasteiger charge is -2.33. The number of nitrogens with zero attached hydrogens (tertiary/aromatic N) is 2. The number of nitrogens with one attached hydrogen (secondary N) is 1. The highest BCUT2D eigenvalue weighted by molar-refractivity contribution is 7.16. The average Bonchev–Trinajstić information content (AvgIpc) is 3.21. The molecule has 1 aliphatic heterocycles. The Morgan fingerprint density at radius 1 is 1.33 bits per heavy atom. The summed E-state index contributed by atoms with van der Waals surface area (Å²) < 4.78 is 0.721. The second-order valence-electron chi connectivity index (χ2n) is 8.00. The number of hydrogen-bond acceptors (Lipinski definition) is 4. The first-order valence-electron chi connectivity index (χ1n) is 10.7. The first-order valence-corrected chi connectivity index (χ1v) is 11.9. The Balaban J connectivity index is 1.72. The van der Waals surface area contributed by atoms with Gasteiger partial charge in [-0.3, -0.25) is 9.78 Å². The van der Waals surface area contributed by atoms with Gasteiger partial charge < -0.3 is 15.6 Å². The number of carbonyl (C=O) groups excluding carboxylic acids is 1. The van der Waals surface area contributed by atoms with E-state index in [1.54, 1.807) is 6.20 Å². The summed E-state index contributed by atoms with van der Waals surface area (Å²) in [5.74, 6) is -0.116. The van der Waals surface area contributed by atoms with Gasteiger partial charge in [0.05, 0.1) is 16.5 Å². The Kier molecular flexibility index (Phi) is 7.18. The Morgan fingerprint density at radius 2 is 2.15 bits per heavy atom. The summed E-state index contributed by atoms with van der Waals surface area (Å²) in [4.78, 5) is 19.6. The van der Waals surface area contributed by atoms with E-state index < -0.39 is 0 Å². The van der Waals surface area contributed by atoms with Crippen LogP contribution in [-0.2, 0) is 17.9 Å². The van der Waals surface area contributed by atoms with Gasteiger partial charge in [-0.25, -0.2) is 0 Å². The van der Waals surface area contributed by atoms with Gasteiger partial charge in [-0.15, -0.1) is 11.3 Å². The van der Waals surface area contributed by atoms with Crippen LogP contribution < -0.4 is 5.32 Å². The molecule has 7 heteroatoms. The van der Waals surface area contributed by atoms with Crippen LogP contribution in [0.15, 0.2) is 73.7 Å². The summed E-state index contributed by atoms with van der Waals surface area (Å²) in [5, 5.41) is 10.5. The maximum atomic E-state index is 12.5. The standard InChI is InChI=1S/C26H25ClN4OS/c1-3-26(32)31-15-23(21-11-25(27)33-24(21)16-31)20-9-5-4-8-19(20)22(17(2)28)14-30-13-18-7-6-10-29-12-18/h3-12,14,23,28,30H,1,13,15-16H2,2H3/p+1/b22-14+,28-17?/t23-/m1/s1. The highest BCUT2D eigenvalue weighted by atomic mass is 35.5. The minimum Gasteiger partial charge on any atom is -0.333 e. The molecule has 0 bridgehead atoms. The molecule has 0 radical (unpaired) electrons. The Labute approximate surface area is 202 Å². The van der Waals surface area contributed by atoms with Crippen molar-refractivity contribution in [1.82, 2.24) is 9.88 Å². The third-order valence-electron chi connectivity index (χ3n) is 5.80. The number of benzene rings is 1. The molecule has 0 aliphatic carbocycles. The van der Waals surface area contributed by atoms with Crippen molar-refractivity contribution in [1.29, 1.82) is 5.41 Å². The molecule has 3 heterocycles. The zero-order valence-corrected chi connectivity index (χ0v) is 20.0. The molecule has 0 saturated heterocycles. The molecule has 3 aromatic rings. The van der Waals surface area contributed by atoms with E-state index in [0.717, 1.165) is 43.6 Å². The number of thiophene rings is 1. The van der Waals surface area contributed by atoms with E-state index in [-0.39, 0.29) is 11.8 Å². The Bertz CT molecular complexity index is 1220. The van der Waals surface area contributed by atoms with E-state index in [9.17, 15) is 4.79 Å². The fourth-order valence-corrected chi connectivity index (χ4v) is 5.60. The van der Waals surface area contributed by atoms with Crippen LogP contribution in [0.5, 0.6) is 0 Å². The van der Waals surface area contributed by atoms with Crippen molar-refractivity contribution in [2.75, 3.05) is 6.54 Å². The van der Waals surface area contributed by atoms with Gasteiger partial charge in [0.15, 0.2) is 0 Å². The van der Waals surface area contributed by atoms with Crippen LogP contribution in [0.3, 0.4) is 0 Å². The van der Waals surface area contributed by atoms with Crippen molar-refractivity contribution in [2.24, 2.45) is 0 Å². The van der Waals surface area contributed by atoms with Gasteiger partial charge >= 0.3 is 0 Å². The molecule has 1 amide bonds. The number of amides is 1. The maximum Gasteiger partial charge on any atom is 0.246 e. The fraction of sp³-hybridized carbons (Fsp3) is 0.192. The van der Waals surface area contributed by atoms with Crippen LogP contribution in [0.4, 0.5) is 0 Å². The monoisotopic (exact) mass is 477 g/mol. The van der Waals surface area contributed by atoms with Gasteiger partial charge in [0.1, 0.15) is 12.7 Å². The summed E-state index contributed by atoms with van der Waals surface area (Å²) in [5.41, 5.74) is 5.72. The minimum absolute atomic E-state index is 0.0290. The van der Waals surface area contributed by atoms with Crippen LogP contribution in [-0.4, -0.2) is 28.0 Å². The SMILES string of the molecule is C=CC(=O)N1Cc2sc(Cl)cc2[C@@H](c2ccccc2/C(=C/[NH2+]Cc2cccnc2)C(C)=N)C1. The topological polar surface area (TPSA) is 73.7 Å². The fourth-order valence-electron chi connectivity index (χ4n) is 4.24. The zero-order chi connectivity index (χ0) is 23.4. The lowest BCUT2D eigenvalue weighted by Crippen LogP contribution is -2.76. The predicted octanol–water partition coefficient (Wildman–Crippen LogP) is 4.60. The predicted molar refractivity (Wildman–Crippen MR) is 134 cm³/mol. The molecule has 4 rings (SSSR count). The number of carbonyl (C=O) groups is 1. The first kappa shape index (κ1) is 23.1. The molecule has 0 saturated carbocycles. The normalized spacial score (nSPS) is 15.8. The third-order valence-corrected chi connectivity index (χ3v) is 7.07. The smallest absolute Gasteiger partial charge is 0.246 e. The number of nitrogens with two attached hydrogens (primary N) is 1. The van der Waals surface area contributed by atoms with Crippen LogP contribution in [0.25, 0.3) is 5.57 Å². The number of rotatable bonds is 7. The molecule has 1 aliphatic rings. The minimum atomic E-state index is -0.0866. The summed E-state index contributed by atoms with van der Waals surface area (Å²) in [6.45, 7) is 7.30. The van der Waals surface area contributed by atoms with Gasteiger partial charge in [0, 0.05) is 41.0 Å². The van der Waals surface area contributed by atoms with E-state index in [0.29, 0.717) is 18.8 Å². The number of halogens is 1. The second kappa shape index (κ2) is 10.3. The number of pyridine rings is 1. The molecule has 2 aromatic heterocycles. The molecular formula is C26H26ClN4OS+. The third kappa shape index (κ3) is 5.14. The molecule has 0 unspecified atom stereocenters. The van der Waals surface area contributed by atoms with Crippen LogP contribution in [0.2, 0.25) is 4.34 Å². The lowest BCUT2D eigenvalue weighted by molar-refractivity contribution is -0.603.